The van der Waals surface area contributed by atoms with Gasteiger partial charge in [-0.15, -0.1) is 0 Å². The van der Waals surface area contributed by atoms with Crippen LogP contribution in [0.4, 0.5) is 4.39 Å². The van der Waals surface area contributed by atoms with E-state index in [1.54, 1.807) is 6.07 Å². The molecule has 0 heterocycles. The predicted molar refractivity (Wildman–Crippen MR) is 71.0 cm³/mol. The van der Waals surface area contributed by atoms with Crippen molar-refractivity contribution in [3.8, 4) is 5.75 Å². The zero-order valence-electron chi connectivity index (χ0n) is 11.3. The monoisotopic (exact) mass is 283 g/mol. The molecular weight excluding hydrogens is 265 g/mol. The Hall–Kier alpha value is -2.11. The Morgan fingerprint density at radius 1 is 1.45 bits per heavy atom. The van der Waals surface area contributed by atoms with Crippen molar-refractivity contribution in [2.75, 3.05) is 6.61 Å². The molecule has 1 atom stereocenters. The molecular formula is C14H18FNO4. The van der Waals surface area contributed by atoms with Gasteiger partial charge in [0, 0.05) is 6.07 Å². The van der Waals surface area contributed by atoms with Gasteiger partial charge in [0.25, 0.3) is 0 Å². The van der Waals surface area contributed by atoms with E-state index in [4.69, 9.17) is 9.84 Å². The Morgan fingerprint density at radius 3 is 2.80 bits per heavy atom. The van der Waals surface area contributed by atoms with Crippen molar-refractivity contribution in [3.63, 3.8) is 0 Å². The van der Waals surface area contributed by atoms with Crippen LogP contribution in [-0.2, 0) is 9.59 Å². The number of carboxylic acid groups (broad SMARTS) is 1. The summed E-state index contributed by atoms with van der Waals surface area (Å²) in [5.74, 6) is -1.53. The lowest BCUT2D eigenvalue weighted by atomic mass is 10.1. The summed E-state index contributed by atoms with van der Waals surface area (Å²) < 4.78 is 18.1. The van der Waals surface area contributed by atoms with Crippen LogP contribution in [0.3, 0.4) is 0 Å². The van der Waals surface area contributed by atoms with Crippen LogP contribution in [0.2, 0.25) is 0 Å². The summed E-state index contributed by atoms with van der Waals surface area (Å²) in [7, 11) is 0. The number of ether oxygens (including phenoxy) is 1. The standard InChI is InChI=1S/C14H18FNO4/c1-2-4-12(14(18)19)16-13(17)7-8-20-11-6-3-5-10(15)9-11/h3,5-6,9,12H,2,4,7-8H2,1H3,(H,16,17)(H,18,19)/t12-/m0/s1. The molecule has 0 radical (unpaired) electrons. The Labute approximate surface area is 116 Å². The maximum atomic E-state index is 12.9. The van der Waals surface area contributed by atoms with Crippen molar-refractivity contribution < 1.29 is 23.8 Å². The fraction of sp³-hybridized carbons (Fsp3) is 0.429. The fourth-order valence-corrected chi connectivity index (χ4v) is 1.63. The lowest BCUT2D eigenvalue weighted by molar-refractivity contribution is -0.142. The minimum absolute atomic E-state index is 0.0179. The minimum Gasteiger partial charge on any atom is -0.493 e. The van der Waals surface area contributed by atoms with E-state index in [-0.39, 0.29) is 13.0 Å². The zero-order valence-corrected chi connectivity index (χ0v) is 11.3. The topological polar surface area (TPSA) is 75.6 Å². The van der Waals surface area contributed by atoms with E-state index in [1.807, 2.05) is 6.92 Å². The molecule has 0 aliphatic rings. The number of amides is 1. The van der Waals surface area contributed by atoms with E-state index in [9.17, 15) is 14.0 Å². The summed E-state index contributed by atoms with van der Waals surface area (Å²) in [6, 6.07) is 4.73. The van der Waals surface area contributed by atoms with Crippen LogP contribution < -0.4 is 10.1 Å². The van der Waals surface area contributed by atoms with Gasteiger partial charge in [-0.3, -0.25) is 4.79 Å². The molecule has 1 aromatic carbocycles. The number of hydrogen-bond acceptors (Lipinski definition) is 3. The number of nitrogens with one attached hydrogen (secondary N) is 1. The Kier molecular flexibility index (Phi) is 6.49. The molecule has 1 aromatic rings. The lowest BCUT2D eigenvalue weighted by Crippen LogP contribution is -2.41. The van der Waals surface area contributed by atoms with Crippen LogP contribution in [0.15, 0.2) is 24.3 Å². The molecule has 0 aliphatic carbocycles. The summed E-state index contributed by atoms with van der Waals surface area (Å²) in [6.45, 7) is 1.91. The van der Waals surface area contributed by atoms with Crippen LogP contribution in [0, 0.1) is 5.82 Å². The molecule has 0 aliphatic heterocycles. The molecule has 0 aromatic heterocycles. The molecule has 0 spiro atoms. The van der Waals surface area contributed by atoms with Gasteiger partial charge >= 0.3 is 5.97 Å². The van der Waals surface area contributed by atoms with E-state index in [2.05, 4.69) is 5.32 Å². The molecule has 0 fully saturated rings. The molecule has 0 saturated heterocycles. The predicted octanol–water partition coefficient (Wildman–Crippen LogP) is 1.96. The molecule has 1 amide bonds. The largest absolute Gasteiger partial charge is 0.493 e. The number of benzene rings is 1. The first-order chi connectivity index (χ1) is 9.52. The van der Waals surface area contributed by atoms with Crippen molar-refractivity contribution in [1.29, 1.82) is 0 Å². The molecule has 110 valence electrons. The van der Waals surface area contributed by atoms with Gasteiger partial charge in [0.2, 0.25) is 5.91 Å². The van der Waals surface area contributed by atoms with Gasteiger partial charge in [0.05, 0.1) is 13.0 Å². The third kappa shape index (κ3) is 5.69. The second kappa shape index (κ2) is 8.14. The number of rotatable bonds is 8. The van der Waals surface area contributed by atoms with Crippen molar-refractivity contribution in [2.24, 2.45) is 0 Å². The summed E-state index contributed by atoms with van der Waals surface area (Å²) >= 11 is 0. The van der Waals surface area contributed by atoms with Crippen LogP contribution in [-0.4, -0.2) is 29.6 Å². The Balaban J connectivity index is 2.34. The highest BCUT2D eigenvalue weighted by atomic mass is 19.1. The molecule has 20 heavy (non-hydrogen) atoms. The molecule has 0 saturated carbocycles. The third-order valence-corrected chi connectivity index (χ3v) is 2.60. The maximum Gasteiger partial charge on any atom is 0.326 e. The number of carbonyl (C=O) groups excluding carboxylic acids is 1. The summed E-state index contributed by atoms with van der Waals surface area (Å²) in [5.41, 5.74) is 0. The van der Waals surface area contributed by atoms with Gasteiger partial charge in [-0.1, -0.05) is 19.4 Å². The summed E-state index contributed by atoms with van der Waals surface area (Å²) in [4.78, 5) is 22.4. The van der Waals surface area contributed by atoms with Gasteiger partial charge in [-0.2, -0.15) is 0 Å². The fourth-order valence-electron chi connectivity index (χ4n) is 1.63. The van der Waals surface area contributed by atoms with Crippen molar-refractivity contribution in [2.45, 2.75) is 32.2 Å². The van der Waals surface area contributed by atoms with Crippen molar-refractivity contribution >= 4 is 11.9 Å². The van der Waals surface area contributed by atoms with Crippen molar-refractivity contribution in [3.05, 3.63) is 30.1 Å². The molecule has 2 N–H and O–H groups in total. The number of hydrogen-bond donors (Lipinski definition) is 2. The highest BCUT2D eigenvalue weighted by Crippen LogP contribution is 2.11. The highest BCUT2D eigenvalue weighted by molar-refractivity contribution is 5.83. The number of carbonyl (C=O) groups is 2. The second-order valence-electron chi connectivity index (χ2n) is 4.30. The molecule has 5 nitrogen and oxygen atoms in total. The number of carboxylic acids is 1. The zero-order chi connectivity index (χ0) is 15.0. The average Bonchev–Trinajstić information content (AvgIpc) is 2.38. The molecule has 1 rings (SSSR count). The number of halogens is 1. The van der Waals surface area contributed by atoms with Crippen LogP contribution in [0.25, 0.3) is 0 Å². The van der Waals surface area contributed by atoms with Crippen LogP contribution >= 0.6 is 0 Å². The van der Waals surface area contributed by atoms with E-state index in [0.29, 0.717) is 18.6 Å². The first-order valence-corrected chi connectivity index (χ1v) is 6.43. The summed E-state index contributed by atoms with van der Waals surface area (Å²) in [5, 5.41) is 11.3. The van der Waals surface area contributed by atoms with E-state index in [0.717, 1.165) is 0 Å². The highest BCUT2D eigenvalue weighted by Gasteiger charge is 2.18. The van der Waals surface area contributed by atoms with E-state index >= 15 is 0 Å². The van der Waals surface area contributed by atoms with Crippen molar-refractivity contribution in [1.82, 2.24) is 5.32 Å². The Morgan fingerprint density at radius 2 is 2.20 bits per heavy atom. The Bertz CT molecular complexity index is 464. The number of aliphatic carboxylic acids is 1. The summed E-state index contributed by atoms with van der Waals surface area (Å²) in [6.07, 6.45) is 1.06. The first kappa shape index (κ1) is 15.9. The smallest absolute Gasteiger partial charge is 0.326 e. The van der Waals surface area contributed by atoms with Gasteiger partial charge in [-0.05, 0) is 18.6 Å². The van der Waals surface area contributed by atoms with Gasteiger partial charge < -0.3 is 15.2 Å². The quantitative estimate of drug-likeness (QED) is 0.764. The average molecular weight is 283 g/mol. The van der Waals surface area contributed by atoms with Crippen LogP contribution in [0.1, 0.15) is 26.2 Å². The second-order valence-corrected chi connectivity index (χ2v) is 4.30. The van der Waals surface area contributed by atoms with Gasteiger partial charge in [-0.25, -0.2) is 9.18 Å². The molecule has 0 unspecified atom stereocenters. The maximum absolute atomic E-state index is 12.9. The normalized spacial score (nSPS) is 11.7. The minimum atomic E-state index is -1.05. The van der Waals surface area contributed by atoms with E-state index < -0.39 is 23.7 Å². The van der Waals surface area contributed by atoms with E-state index in [1.165, 1.54) is 18.2 Å². The first-order valence-electron chi connectivity index (χ1n) is 6.43. The molecule has 6 heteroatoms. The van der Waals surface area contributed by atoms with Crippen LogP contribution in [0.5, 0.6) is 5.75 Å². The third-order valence-electron chi connectivity index (χ3n) is 2.60. The van der Waals surface area contributed by atoms with Gasteiger partial charge in [0.15, 0.2) is 0 Å². The lowest BCUT2D eigenvalue weighted by Gasteiger charge is -2.13. The molecule has 0 bridgehead atoms. The van der Waals surface area contributed by atoms with Gasteiger partial charge in [0.1, 0.15) is 17.6 Å². The SMILES string of the molecule is CCC[C@H](NC(=O)CCOc1cccc(F)c1)C(=O)O.